The van der Waals surface area contributed by atoms with Gasteiger partial charge in [-0.3, -0.25) is 9.69 Å². The lowest BCUT2D eigenvalue weighted by atomic mass is 9.94. The molecule has 1 amide bonds. The highest BCUT2D eigenvalue weighted by molar-refractivity contribution is 5.92. The molecule has 1 aliphatic carbocycles. The van der Waals surface area contributed by atoms with Gasteiger partial charge in [0.2, 0.25) is 5.43 Å². The number of carboxylic acid groups (broad SMARTS) is 1. The maximum absolute atomic E-state index is 15.2. The number of aromatic carboxylic acids is 1. The number of carboxylic acids is 1. The van der Waals surface area contributed by atoms with Crippen molar-refractivity contribution in [3.63, 3.8) is 0 Å². The zero-order valence-corrected chi connectivity index (χ0v) is 24.8. The van der Waals surface area contributed by atoms with Crippen LogP contribution in [-0.4, -0.2) is 64.8 Å². The molecule has 2 aliphatic heterocycles. The average molecular weight is 625 g/mol. The molecule has 2 aromatic heterocycles. The van der Waals surface area contributed by atoms with Crippen LogP contribution in [0.25, 0.3) is 11.0 Å². The lowest BCUT2D eigenvalue weighted by Gasteiger charge is -2.33. The number of rotatable bonds is 11. The number of piperidine rings is 1. The number of halogens is 2. The van der Waals surface area contributed by atoms with Crippen LogP contribution in [0.4, 0.5) is 25.1 Å². The summed E-state index contributed by atoms with van der Waals surface area (Å²) >= 11 is 0. The molecule has 1 saturated carbocycles. The van der Waals surface area contributed by atoms with Crippen molar-refractivity contribution in [3.8, 4) is 5.75 Å². The van der Waals surface area contributed by atoms with Crippen LogP contribution < -0.4 is 20.0 Å². The minimum Gasteiger partial charge on any atom is -0.491 e. The van der Waals surface area contributed by atoms with E-state index in [2.05, 4.69) is 4.98 Å². The van der Waals surface area contributed by atoms with E-state index in [0.717, 1.165) is 31.7 Å². The molecule has 11 nitrogen and oxygen atoms in total. The van der Waals surface area contributed by atoms with Gasteiger partial charge in [0.15, 0.2) is 23.2 Å². The summed E-state index contributed by atoms with van der Waals surface area (Å²) in [4.78, 5) is 55.5. The molecule has 13 heteroatoms. The van der Waals surface area contributed by atoms with Crippen molar-refractivity contribution < 1.29 is 37.7 Å². The van der Waals surface area contributed by atoms with Gasteiger partial charge < -0.3 is 28.8 Å². The standard InChI is InChI=1S/C32H34F2N4O7/c1-18(39)2-6-22-16-38(32(43)45-22)21-5-7-27(25(33)14-21)44-13-10-19-8-11-36(12-9-19)30-26(34)15-23-28(40)24(31(41)42)17-37(20-3-4-20)29(23)35-30/h5,7,14-15,17,19-20,22H,2-4,6,8-13,16H2,1H3,(H,41,42)/t22-/m0/s1. The third-order valence-electron chi connectivity index (χ3n) is 8.73. The van der Waals surface area contributed by atoms with Crippen molar-refractivity contribution in [2.45, 2.75) is 64.0 Å². The molecule has 238 valence electrons. The van der Waals surface area contributed by atoms with Crippen molar-refractivity contribution in [1.29, 1.82) is 0 Å². The Balaban J connectivity index is 1.04. The summed E-state index contributed by atoms with van der Waals surface area (Å²) < 4.78 is 42.8. The van der Waals surface area contributed by atoms with E-state index in [9.17, 15) is 28.7 Å². The Kier molecular flexibility index (Phi) is 8.43. The molecule has 0 bridgehead atoms. The van der Waals surface area contributed by atoms with E-state index in [1.54, 1.807) is 10.6 Å². The molecule has 1 atom stereocenters. The molecule has 3 fully saturated rings. The van der Waals surface area contributed by atoms with Crippen LogP contribution in [-0.2, 0) is 9.53 Å². The van der Waals surface area contributed by atoms with Crippen LogP contribution in [0.15, 0.2) is 35.3 Å². The van der Waals surface area contributed by atoms with E-state index < -0.39 is 40.8 Å². The third kappa shape index (κ3) is 6.47. The summed E-state index contributed by atoms with van der Waals surface area (Å²) in [6.07, 6.45) is 4.86. The summed E-state index contributed by atoms with van der Waals surface area (Å²) in [5.41, 5.74) is -0.491. The molecule has 0 unspecified atom stereocenters. The monoisotopic (exact) mass is 624 g/mol. The number of anilines is 2. The smallest absolute Gasteiger partial charge is 0.414 e. The van der Waals surface area contributed by atoms with E-state index in [1.165, 1.54) is 30.2 Å². The first kappa shape index (κ1) is 30.5. The number of pyridine rings is 2. The first-order valence-corrected chi connectivity index (χ1v) is 15.2. The number of hydrogen-bond donors (Lipinski definition) is 1. The lowest BCUT2D eigenvalue weighted by Crippen LogP contribution is -2.35. The van der Waals surface area contributed by atoms with E-state index in [-0.39, 0.29) is 47.8 Å². The highest BCUT2D eigenvalue weighted by atomic mass is 19.1. The molecular weight excluding hydrogens is 590 g/mol. The molecule has 1 N–H and O–H groups in total. The predicted octanol–water partition coefficient (Wildman–Crippen LogP) is 5.09. The van der Waals surface area contributed by atoms with Gasteiger partial charge >= 0.3 is 12.1 Å². The van der Waals surface area contributed by atoms with Gasteiger partial charge in [0.25, 0.3) is 0 Å². The van der Waals surface area contributed by atoms with Crippen LogP contribution in [0.5, 0.6) is 5.75 Å². The predicted molar refractivity (Wildman–Crippen MR) is 160 cm³/mol. The molecule has 3 aliphatic rings. The number of carbonyl (C=O) groups excluding carboxylic acids is 2. The Morgan fingerprint density at radius 2 is 1.82 bits per heavy atom. The largest absolute Gasteiger partial charge is 0.491 e. The number of hydrogen-bond acceptors (Lipinski definition) is 8. The second kappa shape index (κ2) is 12.4. The van der Waals surface area contributed by atoms with Crippen LogP contribution in [0.1, 0.15) is 68.3 Å². The van der Waals surface area contributed by atoms with Crippen molar-refractivity contribution >= 4 is 40.4 Å². The topological polar surface area (TPSA) is 131 Å². The Hall–Kier alpha value is -4.55. The molecule has 3 aromatic rings. The van der Waals surface area contributed by atoms with Crippen LogP contribution in [0, 0.1) is 17.6 Å². The molecule has 0 spiro atoms. The van der Waals surface area contributed by atoms with Gasteiger partial charge in [0.1, 0.15) is 23.1 Å². The second-order valence-electron chi connectivity index (χ2n) is 12.0. The normalized spacial score (nSPS) is 18.8. The van der Waals surface area contributed by atoms with Gasteiger partial charge in [0.05, 0.1) is 24.2 Å². The SMILES string of the molecule is CC(=O)CC[C@H]1CN(c2ccc(OCCC3CCN(c4nc5c(cc4F)c(=O)c(C(=O)O)cn5C4CC4)CC3)c(F)c2)C(=O)O1. The summed E-state index contributed by atoms with van der Waals surface area (Å²) in [6, 6.07) is 5.46. The quantitative estimate of drug-likeness (QED) is 0.310. The number of benzene rings is 1. The molecule has 6 rings (SSSR count). The van der Waals surface area contributed by atoms with Gasteiger partial charge in [-0.25, -0.2) is 23.4 Å². The first-order chi connectivity index (χ1) is 21.6. The maximum atomic E-state index is 15.2. The minimum atomic E-state index is -1.35. The first-order valence-electron chi connectivity index (χ1n) is 15.2. The molecule has 1 aromatic carbocycles. The summed E-state index contributed by atoms with van der Waals surface area (Å²) in [6.45, 7) is 3.07. The zero-order valence-electron chi connectivity index (χ0n) is 24.8. The molecule has 0 radical (unpaired) electrons. The summed E-state index contributed by atoms with van der Waals surface area (Å²) in [5, 5.41) is 9.41. The number of nitrogens with zero attached hydrogens (tertiary/aromatic N) is 4. The van der Waals surface area contributed by atoms with Crippen molar-refractivity contribution in [3.05, 3.63) is 57.9 Å². The van der Waals surface area contributed by atoms with Crippen LogP contribution in [0.2, 0.25) is 0 Å². The lowest BCUT2D eigenvalue weighted by molar-refractivity contribution is -0.117. The van der Waals surface area contributed by atoms with Gasteiger partial charge in [-0.2, -0.15) is 0 Å². The molecular formula is C32H34F2N4O7. The van der Waals surface area contributed by atoms with Gasteiger partial charge in [-0.1, -0.05) is 0 Å². The Morgan fingerprint density at radius 3 is 2.49 bits per heavy atom. The number of carbonyl (C=O) groups is 3. The zero-order chi connectivity index (χ0) is 31.8. The van der Waals surface area contributed by atoms with Gasteiger partial charge in [0, 0.05) is 37.8 Å². The molecule has 2 saturated heterocycles. The van der Waals surface area contributed by atoms with Crippen LogP contribution >= 0.6 is 0 Å². The molecule has 4 heterocycles. The summed E-state index contributed by atoms with van der Waals surface area (Å²) in [5.74, 6) is -2.12. The Labute approximate surface area is 257 Å². The van der Waals surface area contributed by atoms with Crippen LogP contribution in [0.3, 0.4) is 0 Å². The second-order valence-corrected chi connectivity index (χ2v) is 12.0. The van der Waals surface area contributed by atoms with Crippen molar-refractivity contribution in [2.75, 3.05) is 36.0 Å². The number of cyclic esters (lactones) is 1. The number of ketones is 1. The fraction of sp³-hybridized carbons (Fsp3) is 0.469. The number of Topliss-reactive ketones (excluding diaryl/α,β-unsaturated/α-hetero) is 1. The number of amides is 1. The minimum absolute atomic E-state index is 0.0127. The highest BCUT2D eigenvalue weighted by Gasteiger charge is 2.33. The van der Waals surface area contributed by atoms with E-state index >= 15 is 4.39 Å². The Morgan fingerprint density at radius 1 is 1.07 bits per heavy atom. The van der Waals surface area contributed by atoms with Crippen molar-refractivity contribution in [2.24, 2.45) is 5.92 Å². The molecule has 45 heavy (non-hydrogen) atoms. The van der Waals surface area contributed by atoms with E-state index in [1.807, 2.05) is 4.90 Å². The van der Waals surface area contributed by atoms with E-state index in [4.69, 9.17) is 9.47 Å². The third-order valence-corrected chi connectivity index (χ3v) is 8.73. The number of aromatic nitrogens is 2. The average Bonchev–Trinajstić information content (AvgIpc) is 3.78. The van der Waals surface area contributed by atoms with E-state index in [0.29, 0.717) is 43.7 Å². The maximum Gasteiger partial charge on any atom is 0.414 e. The van der Waals surface area contributed by atoms with Gasteiger partial charge in [-0.15, -0.1) is 0 Å². The summed E-state index contributed by atoms with van der Waals surface area (Å²) in [7, 11) is 0. The van der Waals surface area contributed by atoms with Crippen molar-refractivity contribution in [1.82, 2.24) is 9.55 Å². The number of ether oxygens (including phenoxy) is 2. The highest BCUT2D eigenvalue weighted by Crippen LogP contribution is 2.37. The van der Waals surface area contributed by atoms with Gasteiger partial charge in [-0.05, 0) is 69.6 Å². The fourth-order valence-electron chi connectivity index (χ4n) is 6.03. The Bertz CT molecular complexity index is 1720. The fourth-order valence-corrected chi connectivity index (χ4v) is 6.03. The number of fused-ring (bicyclic) bond motifs is 1.